The molecule has 1 aromatic rings. The van der Waals surface area contributed by atoms with Crippen LogP contribution in [0.25, 0.3) is 0 Å². The smallest absolute Gasteiger partial charge is 0.347 e. The van der Waals surface area contributed by atoms with Crippen LogP contribution in [0, 0.1) is 12.8 Å². The molecule has 1 aliphatic rings. The van der Waals surface area contributed by atoms with Gasteiger partial charge in [-0.15, -0.1) is 0 Å². The van der Waals surface area contributed by atoms with E-state index in [-0.39, 0.29) is 18.1 Å². The number of aromatic amines is 1. The van der Waals surface area contributed by atoms with Crippen LogP contribution in [0.4, 0.5) is 0 Å². The van der Waals surface area contributed by atoms with E-state index in [9.17, 15) is 9.59 Å². The summed E-state index contributed by atoms with van der Waals surface area (Å²) < 4.78 is 1.42. The van der Waals surface area contributed by atoms with Crippen LogP contribution in [0.15, 0.2) is 15.8 Å². The van der Waals surface area contributed by atoms with E-state index in [4.69, 9.17) is 5.11 Å². The summed E-state index contributed by atoms with van der Waals surface area (Å²) in [5, 5.41) is 10.9. The number of H-pyrrole nitrogens is 1. The highest BCUT2D eigenvalue weighted by Gasteiger charge is 2.22. The Hall–Kier alpha value is -1.56. The molecule has 6 heteroatoms. The molecule has 0 aliphatic carbocycles. The Balaban J connectivity index is 2.32. The molecular formula is C10H15N3O3. The summed E-state index contributed by atoms with van der Waals surface area (Å²) in [6, 6.07) is 0. The summed E-state index contributed by atoms with van der Waals surface area (Å²) in [4.78, 5) is 25.0. The van der Waals surface area contributed by atoms with Crippen molar-refractivity contribution in [2.24, 2.45) is 5.92 Å². The Kier molecular flexibility index (Phi) is 2.82. The zero-order valence-corrected chi connectivity index (χ0v) is 9.14. The molecule has 0 unspecified atom stereocenters. The molecule has 16 heavy (non-hydrogen) atoms. The van der Waals surface area contributed by atoms with Gasteiger partial charge in [-0.05, 0) is 13.3 Å². The number of aryl methyl sites for hydroxylation is 1. The molecule has 0 radical (unpaired) electrons. The van der Waals surface area contributed by atoms with Gasteiger partial charge in [-0.25, -0.2) is 9.47 Å². The predicted octanol–water partition coefficient (Wildman–Crippen LogP) is -1.20. The van der Waals surface area contributed by atoms with E-state index in [2.05, 4.69) is 4.98 Å². The number of hydrogen-bond donors (Lipinski definition) is 2. The number of hydrogen-bond acceptors (Lipinski definition) is 4. The van der Waals surface area contributed by atoms with Crippen molar-refractivity contribution in [1.82, 2.24) is 9.66 Å². The molecular weight excluding hydrogens is 210 g/mol. The predicted molar refractivity (Wildman–Crippen MR) is 59.2 cm³/mol. The lowest BCUT2D eigenvalue weighted by atomic mass is 10.1. The van der Waals surface area contributed by atoms with Crippen LogP contribution in [0.5, 0.6) is 0 Å². The van der Waals surface area contributed by atoms with Gasteiger partial charge in [-0.2, -0.15) is 0 Å². The quantitative estimate of drug-likeness (QED) is 0.662. The summed E-state index contributed by atoms with van der Waals surface area (Å²) in [5.41, 5.74) is -0.264. The molecule has 0 bridgehead atoms. The molecule has 2 N–H and O–H groups in total. The molecule has 0 saturated carbocycles. The molecule has 6 nitrogen and oxygen atoms in total. The van der Waals surface area contributed by atoms with Crippen LogP contribution < -0.4 is 16.3 Å². The molecule has 1 aromatic heterocycles. The van der Waals surface area contributed by atoms with Crippen LogP contribution >= 0.6 is 0 Å². The second-order valence-electron chi connectivity index (χ2n) is 4.17. The maximum absolute atomic E-state index is 11.6. The van der Waals surface area contributed by atoms with Crippen molar-refractivity contribution in [2.75, 3.05) is 24.7 Å². The molecule has 88 valence electrons. The fraction of sp³-hybridized carbons (Fsp3) is 0.600. The van der Waals surface area contributed by atoms with E-state index in [1.165, 1.54) is 4.68 Å². The summed E-state index contributed by atoms with van der Waals surface area (Å²) in [7, 11) is 0. The van der Waals surface area contributed by atoms with Gasteiger partial charge in [-0.3, -0.25) is 9.78 Å². The first-order chi connectivity index (χ1) is 7.61. The van der Waals surface area contributed by atoms with Gasteiger partial charge in [-0.1, -0.05) is 0 Å². The van der Waals surface area contributed by atoms with Crippen LogP contribution in [0.3, 0.4) is 0 Å². The number of aliphatic hydroxyl groups is 1. The second-order valence-corrected chi connectivity index (χ2v) is 4.17. The van der Waals surface area contributed by atoms with E-state index >= 15 is 0 Å². The zero-order valence-electron chi connectivity index (χ0n) is 9.14. The van der Waals surface area contributed by atoms with Crippen LogP contribution in [0.1, 0.15) is 12.0 Å². The Labute approximate surface area is 92.1 Å². The topological polar surface area (TPSA) is 78.3 Å². The molecule has 2 heterocycles. The molecule has 0 amide bonds. The van der Waals surface area contributed by atoms with E-state index < -0.39 is 5.69 Å². The fourth-order valence-corrected chi connectivity index (χ4v) is 1.92. The van der Waals surface area contributed by atoms with Gasteiger partial charge in [0, 0.05) is 37.4 Å². The number of rotatable bonds is 2. The molecule has 1 aliphatic heterocycles. The maximum Gasteiger partial charge on any atom is 0.347 e. The van der Waals surface area contributed by atoms with Gasteiger partial charge in [0.15, 0.2) is 0 Å². The number of nitrogens with zero attached hydrogens (tertiary/aromatic N) is 2. The first kappa shape index (κ1) is 10.9. The van der Waals surface area contributed by atoms with Gasteiger partial charge < -0.3 is 10.1 Å². The second kappa shape index (κ2) is 4.13. The van der Waals surface area contributed by atoms with Gasteiger partial charge >= 0.3 is 5.69 Å². The monoisotopic (exact) mass is 225 g/mol. The first-order valence-electron chi connectivity index (χ1n) is 5.30. The third kappa shape index (κ3) is 1.88. The summed E-state index contributed by atoms with van der Waals surface area (Å²) >= 11 is 0. The lowest BCUT2D eigenvalue weighted by Gasteiger charge is -2.20. The molecule has 0 spiro atoms. The average molecular weight is 225 g/mol. The van der Waals surface area contributed by atoms with Crippen LogP contribution in [-0.2, 0) is 0 Å². The third-order valence-corrected chi connectivity index (χ3v) is 2.93. The van der Waals surface area contributed by atoms with E-state index in [0.29, 0.717) is 12.1 Å². The van der Waals surface area contributed by atoms with Crippen molar-refractivity contribution in [3.8, 4) is 0 Å². The summed E-state index contributed by atoms with van der Waals surface area (Å²) in [6.07, 6.45) is 2.40. The Bertz CT molecular complexity index is 491. The van der Waals surface area contributed by atoms with Crippen molar-refractivity contribution >= 4 is 0 Å². The van der Waals surface area contributed by atoms with Crippen LogP contribution in [-0.4, -0.2) is 34.5 Å². The minimum atomic E-state index is -0.422. The Morgan fingerprint density at radius 2 is 2.31 bits per heavy atom. The van der Waals surface area contributed by atoms with Gasteiger partial charge in [0.1, 0.15) is 0 Å². The SMILES string of the molecule is Cc1cn(N2CC[C@@H](CO)C2)c(=O)[nH]c1=O. The van der Waals surface area contributed by atoms with Crippen LogP contribution in [0.2, 0.25) is 0 Å². The highest BCUT2D eigenvalue weighted by Crippen LogP contribution is 2.12. The molecule has 1 atom stereocenters. The van der Waals surface area contributed by atoms with E-state index in [1.807, 2.05) is 5.01 Å². The molecule has 2 rings (SSSR count). The lowest BCUT2D eigenvalue weighted by molar-refractivity contribution is 0.237. The van der Waals surface area contributed by atoms with Crippen molar-refractivity contribution in [3.63, 3.8) is 0 Å². The minimum absolute atomic E-state index is 0.133. The molecule has 0 aromatic carbocycles. The summed E-state index contributed by atoms with van der Waals surface area (Å²) in [6.45, 7) is 3.15. The third-order valence-electron chi connectivity index (χ3n) is 2.93. The number of aliphatic hydroxyl groups excluding tert-OH is 1. The normalized spacial score (nSPS) is 20.4. The standard InChI is InChI=1S/C10H15N3O3/c1-7-4-13(10(16)11-9(7)15)12-3-2-8(5-12)6-14/h4,8,14H,2-3,5-6H2,1H3,(H,11,15,16)/t8-/m1/s1. The fourth-order valence-electron chi connectivity index (χ4n) is 1.92. The van der Waals surface area contributed by atoms with Gasteiger partial charge in [0.05, 0.1) is 0 Å². The maximum atomic E-state index is 11.6. The highest BCUT2D eigenvalue weighted by atomic mass is 16.3. The van der Waals surface area contributed by atoms with Gasteiger partial charge in [0.25, 0.3) is 5.56 Å². The number of nitrogens with one attached hydrogen (secondary N) is 1. The Morgan fingerprint density at radius 3 is 2.94 bits per heavy atom. The minimum Gasteiger partial charge on any atom is -0.396 e. The zero-order chi connectivity index (χ0) is 11.7. The van der Waals surface area contributed by atoms with Crippen molar-refractivity contribution in [3.05, 3.63) is 32.6 Å². The lowest BCUT2D eigenvalue weighted by Crippen LogP contribution is -2.44. The van der Waals surface area contributed by atoms with Gasteiger partial charge in [0.2, 0.25) is 0 Å². The first-order valence-corrected chi connectivity index (χ1v) is 5.30. The molecule has 1 fully saturated rings. The van der Waals surface area contributed by atoms with E-state index in [1.54, 1.807) is 13.1 Å². The van der Waals surface area contributed by atoms with Crippen molar-refractivity contribution < 1.29 is 5.11 Å². The summed E-state index contributed by atoms with van der Waals surface area (Å²) in [5.74, 6) is 0.208. The molecule has 1 saturated heterocycles. The van der Waals surface area contributed by atoms with E-state index in [0.717, 1.165) is 13.0 Å². The van der Waals surface area contributed by atoms with Crippen molar-refractivity contribution in [1.29, 1.82) is 0 Å². The number of aromatic nitrogens is 2. The van der Waals surface area contributed by atoms with Crippen molar-refractivity contribution in [2.45, 2.75) is 13.3 Å². The highest BCUT2D eigenvalue weighted by molar-refractivity contribution is 5.05. The Morgan fingerprint density at radius 1 is 1.56 bits per heavy atom. The largest absolute Gasteiger partial charge is 0.396 e. The average Bonchev–Trinajstić information content (AvgIpc) is 2.71.